The molecule has 0 N–H and O–H groups in total. The molecule has 0 aliphatic rings. The summed E-state index contributed by atoms with van der Waals surface area (Å²) in [6, 6.07) is 50.3. The van der Waals surface area contributed by atoms with Crippen molar-refractivity contribution >= 4 is 22.9 Å². The van der Waals surface area contributed by atoms with Crippen LogP contribution >= 0.6 is 0 Å². The summed E-state index contributed by atoms with van der Waals surface area (Å²) >= 11 is 0. The van der Waals surface area contributed by atoms with Crippen molar-refractivity contribution < 1.29 is 0 Å². The van der Waals surface area contributed by atoms with E-state index >= 15 is 0 Å². The van der Waals surface area contributed by atoms with Crippen LogP contribution in [0.15, 0.2) is 164 Å². The fraction of sp³-hybridized carbons (Fsp3) is 0.0500. The fourth-order valence-electron chi connectivity index (χ4n) is 5.25. The Bertz CT molecular complexity index is 1840. The first-order chi connectivity index (χ1) is 21.2. The second kappa shape index (κ2) is 13.0. The number of anilines is 3. The summed E-state index contributed by atoms with van der Waals surface area (Å²) in [5.74, 6) is 0.611. The smallest absolute Gasteiger partial charge is 0.235 e. The molecule has 1 heterocycles. The van der Waals surface area contributed by atoms with Gasteiger partial charge in [-0.15, -0.1) is 0 Å². The van der Waals surface area contributed by atoms with Crippen LogP contribution in [0.25, 0.3) is 39.2 Å². The standard InChI is InChI=1S/C40H33N3/c1-3-16-30(4-2)32-19-14-21-34(27-32)38-29-39(35-22-15-20-33(28-35)31-17-8-5-9-18-31)42-40(41-38)43(36-23-10-6-11-24-36)37-25-12-7-13-26-37/h3-29H,1-2H3/b16-3-,30-4+. The quantitative estimate of drug-likeness (QED) is 0.175. The lowest BCUT2D eigenvalue weighted by Gasteiger charge is -2.24. The number of rotatable bonds is 8. The van der Waals surface area contributed by atoms with Gasteiger partial charge in [-0.3, -0.25) is 4.90 Å². The molecule has 0 aliphatic heterocycles. The number of aromatic nitrogens is 2. The van der Waals surface area contributed by atoms with Crippen molar-refractivity contribution in [2.24, 2.45) is 0 Å². The van der Waals surface area contributed by atoms with Crippen LogP contribution in [0.3, 0.4) is 0 Å². The number of hydrogen-bond donors (Lipinski definition) is 0. The van der Waals surface area contributed by atoms with Crippen molar-refractivity contribution in [3.8, 4) is 33.6 Å². The molecule has 3 heteroatoms. The van der Waals surface area contributed by atoms with Crippen molar-refractivity contribution in [2.75, 3.05) is 4.90 Å². The molecule has 0 fully saturated rings. The highest BCUT2D eigenvalue weighted by molar-refractivity contribution is 5.81. The molecule has 208 valence electrons. The Labute approximate surface area is 254 Å². The Morgan fingerprint density at radius 2 is 1.02 bits per heavy atom. The van der Waals surface area contributed by atoms with Gasteiger partial charge in [0.05, 0.1) is 11.4 Å². The van der Waals surface area contributed by atoms with Gasteiger partial charge in [0.25, 0.3) is 0 Å². The first-order valence-electron chi connectivity index (χ1n) is 14.6. The number of nitrogens with zero attached hydrogens (tertiary/aromatic N) is 3. The minimum absolute atomic E-state index is 0.611. The van der Waals surface area contributed by atoms with E-state index in [0.29, 0.717) is 5.95 Å². The van der Waals surface area contributed by atoms with Crippen molar-refractivity contribution in [3.63, 3.8) is 0 Å². The first-order valence-corrected chi connectivity index (χ1v) is 14.6. The third-order valence-electron chi connectivity index (χ3n) is 7.36. The topological polar surface area (TPSA) is 29.0 Å². The number of benzene rings is 5. The van der Waals surface area contributed by atoms with E-state index in [1.54, 1.807) is 0 Å². The molecule has 3 nitrogen and oxygen atoms in total. The van der Waals surface area contributed by atoms with Crippen molar-refractivity contribution in [1.29, 1.82) is 0 Å². The van der Waals surface area contributed by atoms with E-state index in [0.717, 1.165) is 45.0 Å². The van der Waals surface area contributed by atoms with E-state index in [1.807, 2.05) is 49.4 Å². The molecule has 5 aromatic carbocycles. The van der Waals surface area contributed by atoms with Crippen molar-refractivity contribution in [2.45, 2.75) is 13.8 Å². The van der Waals surface area contributed by atoms with Gasteiger partial charge in [-0.2, -0.15) is 0 Å². The average molecular weight is 556 g/mol. The molecule has 0 spiro atoms. The molecule has 0 amide bonds. The molecule has 0 radical (unpaired) electrons. The predicted molar refractivity (Wildman–Crippen MR) is 181 cm³/mol. The van der Waals surface area contributed by atoms with Crippen LogP contribution in [0, 0.1) is 0 Å². The van der Waals surface area contributed by atoms with E-state index in [9.17, 15) is 0 Å². The molecule has 6 aromatic rings. The molecule has 0 unspecified atom stereocenters. The zero-order valence-corrected chi connectivity index (χ0v) is 24.4. The molecule has 0 saturated carbocycles. The number of allylic oxidation sites excluding steroid dienone is 4. The lowest BCUT2D eigenvalue weighted by atomic mass is 9.99. The summed E-state index contributed by atoms with van der Waals surface area (Å²) in [6.07, 6.45) is 6.34. The summed E-state index contributed by atoms with van der Waals surface area (Å²) in [4.78, 5) is 12.5. The van der Waals surface area contributed by atoms with Gasteiger partial charge in [-0.1, -0.05) is 121 Å². The molecule has 0 saturated heterocycles. The molecule has 43 heavy (non-hydrogen) atoms. The van der Waals surface area contributed by atoms with Crippen LogP contribution in [0.5, 0.6) is 0 Å². The third kappa shape index (κ3) is 6.22. The Hall–Kier alpha value is -5.54. The summed E-state index contributed by atoms with van der Waals surface area (Å²) in [5, 5.41) is 0. The van der Waals surface area contributed by atoms with Crippen LogP contribution in [0.4, 0.5) is 17.3 Å². The SMILES string of the molecule is C/C=C\C(=C/C)c1cccc(-c2cc(-c3cccc(-c4ccccc4)c3)nc(N(c3ccccc3)c3ccccc3)n2)c1. The Balaban J connectivity index is 1.57. The Kier molecular flexibility index (Phi) is 8.33. The molecule has 0 aliphatic carbocycles. The summed E-state index contributed by atoms with van der Waals surface area (Å²) in [7, 11) is 0. The van der Waals surface area contributed by atoms with Gasteiger partial charge >= 0.3 is 0 Å². The molecule has 0 atom stereocenters. The Morgan fingerprint density at radius 1 is 0.512 bits per heavy atom. The van der Waals surface area contributed by atoms with Crippen LogP contribution < -0.4 is 4.90 Å². The van der Waals surface area contributed by atoms with Gasteiger partial charge in [0, 0.05) is 22.5 Å². The number of hydrogen-bond acceptors (Lipinski definition) is 3. The number of para-hydroxylation sites is 2. The van der Waals surface area contributed by atoms with Crippen LogP contribution in [-0.4, -0.2) is 9.97 Å². The predicted octanol–water partition coefficient (Wildman–Crippen LogP) is 10.9. The summed E-state index contributed by atoms with van der Waals surface area (Å²) in [6.45, 7) is 4.11. The van der Waals surface area contributed by atoms with Gasteiger partial charge in [0.2, 0.25) is 5.95 Å². The lowest BCUT2D eigenvalue weighted by Crippen LogP contribution is -2.14. The van der Waals surface area contributed by atoms with E-state index in [1.165, 1.54) is 11.1 Å². The van der Waals surface area contributed by atoms with Crippen molar-refractivity contribution in [3.05, 3.63) is 169 Å². The van der Waals surface area contributed by atoms with Crippen molar-refractivity contribution in [1.82, 2.24) is 9.97 Å². The monoisotopic (exact) mass is 555 g/mol. The minimum Gasteiger partial charge on any atom is -0.279 e. The minimum atomic E-state index is 0.611. The van der Waals surface area contributed by atoms with Crippen LogP contribution in [-0.2, 0) is 0 Å². The molecule has 6 rings (SSSR count). The van der Waals surface area contributed by atoms with E-state index in [2.05, 4.69) is 133 Å². The summed E-state index contributed by atoms with van der Waals surface area (Å²) < 4.78 is 0. The highest BCUT2D eigenvalue weighted by Crippen LogP contribution is 2.36. The maximum absolute atomic E-state index is 5.21. The zero-order chi connectivity index (χ0) is 29.4. The van der Waals surface area contributed by atoms with Crippen LogP contribution in [0.2, 0.25) is 0 Å². The highest BCUT2D eigenvalue weighted by Gasteiger charge is 2.18. The zero-order valence-electron chi connectivity index (χ0n) is 24.4. The van der Waals surface area contributed by atoms with Gasteiger partial charge in [0.1, 0.15) is 0 Å². The maximum Gasteiger partial charge on any atom is 0.235 e. The lowest BCUT2D eigenvalue weighted by molar-refractivity contribution is 1.09. The van der Waals surface area contributed by atoms with Crippen LogP contribution in [0.1, 0.15) is 19.4 Å². The van der Waals surface area contributed by atoms with E-state index in [4.69, 9.17) is 9.97 Å². The molecule has 1 aromatic heterocycles. The third-order valence-corrected chi connectivity index (χ3v) is 7.36. The van der Waals surface area contributed by atoms with Gasteiger partial charge < -0.3 is 0 Å². The summed E-state index contributed by atoms with van der Waals surface area (Å²) in [5.41, 5.74) is 10.4. The molecule has 0 bridgehead atoms. The average Bonchev–Trinajstić information content (AvgIpc) is 3.09. The molecular weight excluding hydrogens is 522 g/mol. The Morgan fingerprint density at radius 3 is 1.60 bits per heavy atom. The van der Waals surface area contributed by atoms with Gasteiger partial charge in [-0.25, -0.2) is 9.97 Å². The van der Waals surface area contributed by atoms with Gasteiger partial charge in [-0.05, 0) is 78.6 Å². The van der Waals surface area contributed by atoms with Gasteiger partial charge in [0.15, 0.2) is 0 Å². The normalized spacial score (nSPS) is 11.5. The van der Waals surface area contributed by atoms with E-state index in [-0.39, 0.29) is 0 Å². The second-order valence-corrected chi connectivity index (χ2v) is 10.2. The maximum atomic E-state index is 5.21. The highest BCUT2D eigenvalue weighted by atomic mass is 15.3. The molecular formula is C40H33N3. The second-order valence-electron chi connectivity index (χ2n) is 10.2. The first kappa shape index (κ1) is 27.6. The van der Waals surface area contributed by atoms with E-state index < -0.39 is 0 Å². The largest absolute Gasteiger partial charge is 0.279 e. The fourth-order valence-corrected chi connectivity index (χ4v) is 5.25.